The first-order valence-corrected chi connectivity index (χ1v) is 7.36. The van der Waals surface area contributed by atoms with E-state index in [0.29, 0.717) is 0 Å². The van der Waals surface area contributed by atoms with Crippen LogP contribution in [0.5, 0.6) is 0 Å². The Morgan fingerprint density at radius 2 is 1.48 bits per heavy atom. The Hall–Kier alpha value is -1.70. The van der Waals surface area contributed by atoms with Gasteiger partial charge in [0.2, 0.25) is 0 Å². The topological polar surface area (TPSA) is 0 Å². The van der Waals surface area contributed by atoms with Crippen LogP contribution in [0.25, 0.3) is 0 Å². The number of halogens is 2. The minimum absolute atomic E-state index is 0.0155. The van der Waals surface area contributed by atoms with Gasteiger partial charge >= 0.3 is 0 Å². The van der Waals surface area contributed by atoms with E-state index in [2.05, 4.69) is 20.8 Å². The van der Waals surface area contributed by atoms with E-state index in [9.17, 15) is 8.78 Å². The summed E-state index contributed by atoms with van der Waals surface area (Å²) in [4.78, 5) is 0. The highest BCUT2D eigenvalue weighted by atomic mass is 19.3. The summed E-state index contributed by atoms with van der Waals surface area (Å²) in [6.07, 6.45) is -0.216. The normalized spacial score (nSPS) is 20.3. The zero-order valence-corrected chi connectivity index (χ0v) is 12.7. The summed E-state index contributed by atoms with van der Waals surface area (Å²) in [5.41, 5.74) is 2.63. The van der Waals surface area contributed by atoms with Crippen LogP contribution in [0, 0.1) is 5.41 Å². The Morgan fingerprint density at radius 3 is 2.14 bits per heavy atom. The number of hydrogen-bond acceptors (Lipinski definition) is 0. The van der Waals surface area contributed by atoms with Gasteiger partial charge in [-0.05, 0) is 22.1 Å². The molecule has 0 fully saturated rings. The van der Waals surface area contributed by atoms with Crippen molar-refractivity contribution in [1.82, 2.24) is 0 Å². The van der Waals surface area contributed by atoms with Crippen LogP contribution in [0.3, 0.4) is 0 Å². The SMILES string of the molecule is CC(C)(C)C1c2ccccc2CC(F)(F)c2ccccc21. The van der Waals surface area contributed by atoms with E-state index in [1.165, 1.54) is 0 Å². The van der Waals surface area contributed by atoms with Gasteiger partial charge in [0, 0.05) is 17.9 Å². The molecule has 0 radical (unpaired) electrons. The number of alkyl halides is 2. The van der Waals surface area contributed by atoms with Crippen LogP contribution < -0.4 is 0 Å². The summed E-state index contributed by atoms with van der Waals surface area (Å²) in [5.74, 6) is -2.83. The minimum Gasteiger partial charge on any atom is -0.201 e. The first kappa shape index (κ1) is 14.2. The second-order valence-electron chi connectivity index (χ2n) is 6.97. The number of hydrogen-bond donors (Lipinski definition) is 0. The molecule has 0 nitrogen and oxygen atoms in total. The second kappa shape index (κ2) is 4.66. The van der Waals surface area contributed by atoms with Gasteiger partial charge in [-0.15, -0.1) is 0 Å². The highest BCUT2D eigenvalue weighted by Crippen LogP contribution is 2.49. The van der Waals surface area contributed by atoms with Crippen molar-refractivity contribution < 1.29 is 8.78 Å². The van der Waals surface area contributed by atoms with Gasteiger partial charge in [0.1, 0.15) is 0 Å². The highest BCUT2D eigenvalue weighted by Gasteiger charge is 2.42. The van der Waals surface area contributed by atoms with Crippen molar-refractivity contribution in [1.29, 1.82) is 0 Å². The molecular weight excluding hydrogens is 266 g/mol. The molecule has 0 saturated carbocycles. The van der Waals surface area contributed by atoms with Gasteiger partial charge in [0.05, 0.1) is 0 Å². The lowest BCUT2D eigenvalue weighted by Crippen LogP contribution is -2.22. The van der Waals surface area contributed by atoms with Gasteiger partial charge in [-0.25, -0.2) is 8.78 Å². The molecule has 110 valence electrons. The fraction of sp³-hybridized carbons (Fsp3) is 0.368. The lowest BCUT2D eigenvalue weighted by Gasteiger charge is -2.33. The first-order chi connectivity index (χ1) is 9.81. The summed E-state index contributed by atoms with van der Waals surface area (Å²) in [6, 6.07) is 14.7. The Balaban J connectivity index is 2.35. The summed E-state index contributed by atoms with van der Waals surface area (Å²) < 4.78 is 29.4. The lowest BCUT2D eigenvalue weighted by atomic mass is 9.71. The van der Waals surface area contributed by atoms with Gasteiger partial charge in [-0.3, -0.25) is 0 Å². The minimum atomic E-state index is -2.81. The van der Waals surface area contributed by atoms with Crippen molar-refractivity contribution in [2.45, 2.75) is 39.0 Å². The van der Waals surface area contributed by atoms with Crippen LogP contribution >= 0.6 is 0 Å². The van der Waals surface area contributed by atoms with Gasteiger partial charge in [0.25, 0.3) is 5.92 Å². The zero-order chi connectivity index (χ0) is 15.3. The summed E-state index contributed by atoms with van der Waals surface area (Å²) in [5, 5.41) is 0. The molecule has 2 aromatic rings. The van der Waals surface area contributed by atoms with E-state index in [1.54, 1.807) is 12.1 Å². The Bertz CT molecular complexity index is 665. The molecule has 21 heavy (non-hydrogen) atoms. The molecule has 2 heteroatoms. The molecule has 0 aliphatic heterocycles. The van der Waals surface area contributed by atoms with Crippen molar-refractivity contribution in [2.75, 3.05) is 0 Å². The lowest BCUT2D eigenvalue weighted by molar-refractivity contribution is -0.00390. The van der Waals surface area contributed by atoms with Crippen molar-refractivity contribution in [2.24, 2.45) is 5.41 Å². The van der Waals surface area contributed by atoms with E-state index in [0.717, 1.165) is 16.7 Å². The number of rotatable bonds is 0. The largest absolute Gasteiger partial charge is 0.277 e. The molecule has 1 aliphatic rings. The van der Waals surface area contributed by atoms with Crippen LogP contribution in [0.15, 0.2) is 48.5 Å². The average molecular weight is 286 g/mol. The standard InChI is InChI=1S/C19H20F2/c1-18(2,3)17-14-9-5-4-8-13(14)12-19(20,21)16-11-7-6-10-15(16)17/h4-11,17H,12H2,1-3H3. The Morgan fingerprint density at radius 1 is 0.905 bits per heavy atom. The molecule has 1 aliphatic carbocycles. The predicted molar refractivity (Wildman–Crippen MR) is 81.8 cm³/mol. The van der Waals surface area contributed by atoms with Crippen LogP contribution in [-0.4, -0.2) is 0 Å². The van der Waals surface area contributed by atoms with Gasteiger partial charge in [0.15, 0.2) is 0 Å². The maximum atomic E-state index is 14.7. The summed E-state index contributed by atoms with van der Waals surface area (Å²) >= 11 is 0. The van der Waals surface area contributed by atoms with E-state index < -0.39 is 5.92 Å². The van der Waals surface area contributed by atoms with E-state index in [4.69, 9.17) is 0 Å². The molecule has 0 saturated heterocycles. The monoisotopic (exact) mass is 286 g/mol. The van der Waals surface area contributed by atoms with E-state index >= 15 is 0 Å². The molecule has 1 unspecified atom stereocenters. The van der Waals surface area contributed by atoms with Crippen molar-refractivity contribution in [3.05, 3.63) is 70.8 Å². The van der Waals surface area contributed by atoms with E-state index in [-0.39, 0.29) is 23.3 Å². The van der Waals surface area contributed by atoms with Crippen molar-refractivity contribution in [3.8, 4) is 0 Å². The third kappa shape index (κ3) is 2.37. The van der Waals surface area contributed by atoms with Crippen molar-refractivity contribution >= 4 is 0 Å². The Kier molecular flexibility index (Phi) is 3.16. The predicted octanol–water partition coefficient (Wildman–Crippen LogP) is 5.51. The molecule has 1 atom stereocenters. The van der Waals surface area contributed by atoms with Crippen LogP contribution in [0.4, 0.5) is 8.78 Å². The third-order valence-electron chi connectivity index (χ3n) is 4.31. The maximum absolute atomic E-state index is 14.7. The quantitative estimate of drug-likeness (QED) is 0.599. The Labute approximate surface area is 124 Å². The molecule has 3 rings (SSSR count). The third-order valence-corrected chi connectivity index (χ3v) is 4.31. The fourth-order valence-electron chi connectivity index (χ4n) is 3.49. The fourth-order valence-corrected chi connectivity index (χ4v) is 3.49. The molecule has 0 heterocycles. The zero-order valence-electron chi connectivity index (χ0n) is 12.7. The van der Waals surface area contributed by atoms with E-state index in [1.807, 2.05) is 36.4 Å². The molecule has 0 spiro atoms. The second-order valence-corrected chi connectivity index (χ2v) is 6.97. The smallest absolute Gasteiger partial charge is 0.201 e. The molecule has 0 N–H and O–H groups in total. The average Bonchev–Trinajstić information content (AvgIpc) is 2.49. The van der Waals surface area contributed by atoms with Gasteiger partial charge in [-0.2, -0.15) is 0 Å². The van der Waals surface area contributed by atoms with Crippen LogP contribution in [0.2, 0.25) is 0 Å². The van der Waals surface area contributed by atoms with Crippen molar-refractivity contribution in [3.63, 3.8) is 0 Å². The van der Waals surface area contributed by atoms with Crippen LogP contribution in [-0.2, 0) is 12.3 Å². The first-order valence-electron chi connectivity index (χ1n) is 7.36. The van der Waals surface area contributed by atoms with Gasteiger partial charge in [-0.1, -0.05) is 69.3 Å². The highest BCUT2D eigenvalue weighted by molar-refractivity contribution is 5.48. The molecule has 0 amide bonds. The number of benzene rings is 2. The summed E-state index contributed by atoms with van der Waals surface area (Å²) in [6.45, 7) is 6.36. The molecule has 2 aromatic carbocycles. The molecular formula is C19H20F2. The number of fused-ring (bicyclic) bond motifs is 2. The maximum Gasteiger partial charge on any atom is 0.277 e. The molecule has 0 bridgehead atoms. The molecule has 0 aromatic heterocycles. The summed E-state index contributed by atoms with van der Waals surface area (Å²) in [7, 11) is 0. The van der Waals surface area contributed by atoms with Crippen LogP contribution in [0.1, 0.15) is 48.9 Å². The van der Waals surface area contributed by atoms with Gasteiger partial charge < -0.3 is 0 Å².